The molecule has 4 rings (SSSR count). The van der Waals surface area contributed by atoms with Gasteiger partial charge in [0.1, 0.15) is 0 Å². The summed E-state index contributed by atoms with van der Waals surface area (Å²) in [6.45, 7) is 14.2. The summed E-state index contributed by atoms with van der Waals surface area (Å²) in [5, 5.41) is 6.06. The highest BCUT2D eigenvalue weighted by Gasteiger charge is 2.57. The van der Waals surface area contributed by atoms with Gasteiger partial charge in [-0.25, -0.2) is 0 Å². The first kappa shape index (κ1) is 32.5. The molecule has 2 N–H and O–H groups in total. The van der Waals surface area contributed by atoms with Crippen molar-refractivity contribution >= 4 is 36.6 Å². The molecule has 2 aromatic carbocycles. The van der Waals surface area contributed by atoms with Gasteiger partial charge in [-0.05, 0) is 85.8 Å². The van der Waals surface area contributed by atoms with Crippen LogP contribution in [0.1, 0.15) is 112 Å². The highest BCUT2D eigenvalue weighted by molar-refractivity contribution is 7.80. The molecule has 2 aliphatic carbocycles. The smallest absolute Gasteiger partial charge is 0.345 e. The fourth-order valence-corrected chi connectivity index (χ4v) is 9.21. The number of thiocarbonyl (C=S) groups is 1. The largest absolute Gasteiger partial charge is 0.357 e. The molecule has 0 bridgehead atoms. The van der Waals surface area contributed by atoms with E-state index in [1.165, 1.54) is 0 Å². The van der Waals surface area contributed by atoms with Crippen LogP contribution >= 0.6 is 19.8 Å². The van der Waals surface area contributed by atoms with Gasteiger partial charge in [0.25, 0.3) is 0 Å². The molecule has 2 aliphatic rings. The molecule has 0 radical (unpaired) electrons. The Morgan fingerprint density at radius 1 is 1.07 bits per heavy atom. The van der Waals surface area contributed by atoms with Crippen LogP contribution in [0.3, 0.4) is 0 Å². The second-order valence-corrected chi connectivity index (χ2v) is 15.0. The van der Waals surface area contributed by atoms with Crippen LogP contribution in [0.5, 0.6) is 0 Å². The molecule has 1 amide bonds. The Balaban J connectivity index is 1.62. The molecule has 0 heterocycles. The van der Waals surface area contributed by atoms with Crippen LogP contribution in [0, 0.1) is 18.3 Å². The van der Waals surface area contributed by atoms with E-state index in [9.17, 15) is 14.2 Å². The van der Waals surface area contributed by atoms with Crippen molar-refractivity contribution in [3.05, 3.63) is 70.3 Å². The average molecular weight is 613 g/mol. The number of aryl methyl sites for hydroxylation is 1. The van der Waals surface area contributed by atoms with Gasteiger partial charge in [0, 0.05) is 12.0 Å². The lowest BCUT2D eigenvalue weighted by molar-refractivity contribution is -0.136. The van der Waals surface area contributed by atoms with Crippen LogP contribution in [0.4, 0.5) is 0 Å². The summed E-state index contributed by atoms with van der Waals surface area (Å²) in [5.41, 5.74) is 3.50. The second-order valence-electron chi connectivity index (χ2n) is 12.4. The molecule has 0 aliphatic heterocycles. The van der Waals surface area contributed by atoms with E-state index in [1.807, 2.05) is 38.1 Å². The van der Waals surface area contributed by atoms with Crippen molar-refractivity contribution in [3.63, 3.8) is 0 Å². The number of fused-ring (bicyclic) bond motifs is 3. The molecular weight excluding hydrogens is 567 g/mol. The van der Waals surface area contributed by atoms with Crippen molar-refractivity contribution in [2.24, 2.45) is 11.3 Å². The molecule has 1 saturated carbocycles. The number of benzene rings is 2. The highest BCUT2D eigenvalue weighted by atomic mass is 32.1. The lowest BCUT2D eigenvalue weighted by atomic mass is 9.49. The van der Waals surface area contributed by atoms with Crippen LogP contribution in [-0.4, -0.2) is 30.0 Å². The Morgan fingerprint density at radius 3 is 2.38 bits per heavy atom. The monoisotopic (exact) mass is 612 g/mol. The lowest BCUT2D eigenvalue weighted by Gasteiger charge is -2.54. The Hall–Kier alpha value is -2.38. The van der Waals surface area contributed by atoms with Gasteiger partial charge in [0.15, 0.2) is 16.7 Å². The quantitative estimate of drug-likeness (QED) is 0.221. The van der Waals surface area contributed by atoms with Crippen LogP contribution in [0.15, 0.2) is 42.5 Å². The molecule has 7 nitrogen and oxygen atoms in total. The normalized spacial score (nSPS) is 24.5. The molecule has 1 fully saturated rings. The molecule has 1 unspecified atom stereocenters. The number of nitrogens with one attached hydrogen (secondary N) is 2. The van der Waals surface area contributed by atoms with E-state index in [-0.39, 0.29) is 41.3 Å². The number of hydrogen-bond acceptors (Lipinski definition) is 6. The summed E-state index contributed by atoms with van der Waals surface area (Å²) in [5.74, 6) is -0.916. The molecule has 0 spiro atoms. The summed E-state index contributed by atoms with van der Waals surface area (Å²) in [6.07, 6.45) is 2.72. The van der Waals surface area contributed by atoms with Crippen molar-refractivity contribution < 1.29 is 23.2 Å². The van der Waals surface area contributed by atoms with E-state index in [1.54, 1.807) is 13.8 Å². The predicted molar refractivity (Wildman–Crippen MR) is 171 cm³/mol. The number of ketones is 1. The zero-order chi connectivity index (χ0) is 30.9. The maximum atomic E-state index is 14.1. The van der Waals surface area contributed by atoms with Crippen molar-refractivity contribution in [1.82, 2.24) is 10.6 Å². The van der Waals surface area contributed by atoms with E-state index in [2.05, 4.69) is 49.6 Å². The van der Waals surface area contributed by atoms with Gasteiger partial charge in [-0.1, -0.05) is 76.1 Å². The van der Waals surface area contributed by atoms with Crippen molar-refractivity contribution in [2.75, 3.05) is 13.2 Å². The number of rotatable bonds is 9. The molecule has 42 heavy (non-hydrogen) atoms. The minimum absolute atomic E-state index is 0.0451. The van der Waals surface area contributed by atoms with Gasteiger partial charge in [0.2, 0.25) is 5.91 Å². The van der Waals surface area contributed by atoms with E-state index >= 15 is 0 Å². The molecule has 2 aromatic rings. The van der Waals surface area contributed by atoms with E-state index in [0.717, 1.165) is 35.1 Å². The number of hydrogen-bond donors (Lipinski definition) is 2. The minimum Gasteiger partial charge on any atom is -0.345 e. The highest BCUT2D eigenvalue weighted by Crippen LogP contribution is 2.60. The number of carbonyl (C=O) groups excluding carboxylic acids is 2. The Labute approximate surface area is 256 Å². The third-order valence-corrected chi connectivity index (χ3v) is 11.8. The van der Waals surface area contributed by atoms with Crippen LogP contribution in [-0.2, 0) is 23.8 Å². The van der Waals surface area contributed by atoms with Gasteiger partial charge in [0.05, 0.1) is 18.6 Å². The number of Topliss-reactive ketones (excluding diaryl/α,β-unsaturated/α-hetero) is 1. The maximum absolute atomic E-state index is 14.1. The molecule has 228 valence electrons. The maximum Gasteiger partial charge on any atom is 0.357 e. The Morgan fingerprint density at radius 2 is 1.76 bits per heavy atom. The number of carbonyl (C=O) groups is 2. The average Bonchev–Trinajstić information content (AvgIpc) is 2.93. The van der Waals surface area contributed by atoms with E-state index in [4.69, 9.17) is 21.3 Å². The van der Waals surface area contributed by atoms with Crippen LogP contribution in [0.25, 0.3) is 0 Å². The van der Waals surface area contributed by atoms with Gasteiger partial charge >= 0.3 is 7.60 Å². The topological polar surface area (TPSA) is 93.7 Å². The summed E-state index contributed by atoms with van der Waals surface area (Å²) in [4.78, 5) is 27.6. The van der Waals surface area contributed by atoms with Gasteiger partial charge in [-0.3, -0.25) is 14.2 Å². The Bertz CT molecular complexity index is 1400. The fraction of sp³-hybridized carbons (Fsp3) is 0.545. The second kappa shape index (κ2) is 12.7. The molecule has 9 heteroatoms. The van der Waals surface area contributed by atoms with Gasteiger partial charge in [-0.15, -0.1) is 0 Å². The van der Waals surface area contributed by atoms with Crippen molar-refractivity contribution in [3.8, 4) is 0 Å². The minimum atomic E-state index is -3.70. The lowest BCUT2D eigenvalue weighted by Crippen LogP contribution is -2.57. The fourth-order valence-electron chi connectivity index (χ4n) is 7.00. The third-order valence-electron chi connectivity index (χ3n) is 9.25. The zero-order valence-electron chi connectivity index (χ0n) is 25.9. The van der Waals surface area contributed by atoms with Gasteiger partial charge in [-0.2, -0.15) is 0 Å². The van der Waals surface area contributed by atoms with Crippen molar-refractivity contribution in [2.45, 2.75) is 91.3 Å². The summed E-state index contributed by atoms with van der Waals surface area (Å²) in [6, 6.07) is 13.8. The van der Waals surface area contributed by atoms with E-state index < -0.39 is 18.8 Å². The van der Waals surface area contributed by atoms with Crippen LogP contribution in [0.2, 0.25) is 0 Å². The number of amides is 1. The Kier molecular flexibility index (Phi) is 9.83. The standard InChI is InChI=1S/C33H45N2O5PS/c1-8-39-41(38,40-9-2)29(24-13-10-12-22(5)18-24)34-31(42)35-30(37)33(7)17-11-16-32(6)26-15-14-23(21(3)4)19-25(26)27(36)20-28(32)33/h10,12-15,18-19,21,28-29H,8-9,11,16-17,20H2,1-7H3,(H2,34,35,37,42)/t28-,29?,32-,33-/m1/s1. The molecule has 0 aromatic heterocycles. The van der Waals surface area contributed by atoms with Crippen LogP contribution < -0.4 is 10.6 Å². The molecular formula is C33H45N2O5PS. The summed E-state index contributed by atoms with van der Waals surface area (Å²) < 4.78 is 25.3. The third kappa shape index (κ3) is 6.14. The first-order valence-corrected chi connectivity index (χ1v) is 17.1. The first-order chi connectivity index (χ1) is 19.8. The van der Waals surface area contributed by atoms with Gasteiger partial charge < -0.3 is 19.7 Å². The molecule has 0 saturated heterocycles. The summed E-state index contributed by atoms with van der Waals surface area (Å²) in [7, 11) is -3.70. The summed E-state index contributed by atoms with van der Waals surface area (Å²) >= 11 is 5.65. The first-order valence-electron chi connectivity index (χ1n) is 15.0. The predicted octanol–water partition coefficient (Wildman–Crippen LogP) is 7.72. The molecule has 4 atom stereocenters. The van der Waals surface area contributed by atoms with E-state index in [0.29, 0.717) is 24.3 Å². The van der Waals surface area contributed by atoms with Crippen molar-refractivity contribution in [1.29, 1.82) is 0 Å². The zero-order valence-corrected chi connectivity index (χ0v) is 27.6. The SMILES string of the molecule is CCOP(=O)(OCC)C(NC(=S)NC(=O)[C@]1(C)CCC[C@]2(C)c3ccc(C(C)C)cc3C(=O)C[C@@H]12)c1cccc(C)c1.